The molecule has 2 rings (SSSR count). The maximum absolute atomic E-state index is 11.0. The molecule has 13 heavy (non-hydrogen) atoms. The van der Waals surface area contributed by atoms with Gasteiger partial charge in [-0.15, -0.1) is 0 Å². The summed E-state index contributed by atoms with van der Waals surface area (Å²) >= 11 is 1.46. The van der Waals surface area contributed by atoms with Gasteiger partial charge >= 0.3 is 0 Å². The molecule has 5 nitrogen and oxygen atoms in total. The average molecular weight is 197 g/mol. The van der Waals surface area contributed by atoms with Crippen LogP contribution in [0.25, 0.3) is 0 Å². The lowest BCUT2D eigenvalue weighted by atomic mass is 10.3. The number of carbonyl (C=O) groups is 1. The first-order valence-electron chi connectivity index (χ1n) is 3.73. The molecule has 0 unspecified atom stereocenters. The van der Waals surface area contributed by atoms with Crippen molar-refractivity contribution < 1.29 is 4.79 Å². The number of primary amides is 1. The van der Waals surface area contributed by atoms with Crippen molar-refractivity contribution in [3.63, 3.8) is 0 Å². The second-order valence-electron chi connectivity index (χ2n) is 2.63. The van der Waals surface area contributed by atoms with Crippen LogP contribution >= 0.6 is 11.8 Å². The van der Waals surface area contributed by atoms with Crippen molar-refractivity contribution in [2.45, 2.75) is 11.7 Å². The maximum atomic E-state index is 11.0. The molecule has 2 heterocycles. The van der Waals surface area contributed by atoms with E-state index in [1.807, 2.05) is 0 Å². The highest BCUT2D eigenvalue weighted by molar-refractivity contribution is 7.99. The van der Waals surface area contributed by atoms with Crippen LogP contribution in [0.15, 0.2) is 16.0 Å². The zero-order chi connectivity index (χ0) is 9.42. The lowest BCUT2D eigenvalue weighted by Gasteiger charge is -2.05. The molecule has 1 aromatic rings. The van der Waals surface area contributed by atoms with Gasteiger partial charge in [0, 0.05) is 18.4 Å². The van der Waals surface area contributed by atoms with Gasteiger partial charge in [0.15, 0.2) is 5.16 Å². The zero-order valence-electron chi connectivity index (χ0n) is 6.69. The van der Waals surface area contributed by atoms with Crippen molar-refractivity contribution in [3.05, 3.63) is 22.1 Å². The predicted octanol–water partition coefficient (Wildman–Crippen LogP) is -0.552. The number of amides is 1. The van der Waals surface area contributed by atoms with Crippen LogP contribution in [0.4, 0.5) is 0 Å². The molecule has 0 radical (unpaired) electrons. The zero-order valence-corrected chi connectivity index (χ0v) is 7.50. The fourth-order valence-electron chi connectivity index (χ4n) is 1.24. The largest absolute Gasteiger partial charge is 0.364 e. The second kappa shape index (κ2) is 2.88. The fourth-order valence-corrected chi connectivity index (χ4v) is 2.20. The van der Waals surface area contributed by atoms with Gasteiger partial charge in [0.05, 0.1) is 0 Å². The van der Waals surface area contributed by atoms with E-state index in [4.69, 9.17) is 5.73 Å². The minimum absolute atomic E-state index is 0.250. The number of carbonyl (C=O) groups excluding carboxylic acids is 1. The summed E-state index contributed by atoms with van der Waals surface area (Å²) < 4.78 is 1.68. The number of fused-ring (bicyclic) bond motifs is 1. The van der Waals surface area contributed by atoms with Gasteiger partial charge in [-0.25, -0.2) is 0 Å². The second-order valence-corrected chi connectivity index (χ2v) is 3.69. The van der Waals surface area contributed by atoms with Crippen LogP contribution in [0.5, 0.6) is 0 Å². The third kappa shape index (κ3) is 1.33. The third-order valence-corrected chi connectivity index (χ3v) is 2.74. The maximum Gasteiger partial charge on any atom is 0.274 e. The van der Waals surface area contributed by atoms with Crippen molar-refractivity contribution in [1.29, 1.82) is 0 Å². The number of rotatable bonds is 1. The molecule has 0 aliphatic carbocycles. The summed E-state index contributed by atoms with van der Waals surface area (Å²) in [4.78, 5) is 25.7. The topological polar surface area (TPSA) is 78.0 Å². The molecule has 0 bridgehead atoms. The molecule has 68 valence electrons. The van der Waals surface area contributed by atoms with Gasteiger partial charge < -0.3 is 10.3 Å². The molecule has 0 saturated heterocycles. The van der Waals surface area contributed by atoms with E-state index < -0.39 is 11.5 Å². The standard InChI is InChI=1S/C7H7N3O2S/c8-6(12)4-3-5(11)9-7-10(4)1-2-13-7/h3H,1-2H2,(H2,8,12). The third-order valence-electron chi connectivity index (χ3n) is 1.79. The van der Waals surface area contributed by atoms with E-state index in [1.54, 1.807) is 4.57 Å². The molecule has 1 aliphatic rings. The van der Waals surface area contributed by atoms with Crippen molar-refractivity contribution in [2.75, 3.05) is 5.75 Å². The summed E-state index contributed by atoms with van der Waals surface area (Å²) in [6, 6.07) is 1.18. The Morgan fingerprint density at radius 1 is 1.69 bits per heavy atom. The molecule has 2 N–H and O–H groups in total. The SMILES string of the molecule is NC(=O)c1cc(=O)nc2n1CCS2. The number of thioether (sulfide) groups is 1. The van der Waals surface area contributed by atoms with Gasteiger partial charge in [0.2, 0.25) is 0 Å². The quantitative estimate of drug-likeness (QED) is 0.612. The summed E-state index contributed by atoms with van der Waals surface area (Å²) in [6.07, 6.45) is 0. The van der Waals surface area contributed by atoms with Gasteiger partial charge in [-0.1, -0.05) is 11.8 Å². The van der Waals surface area contributed by atoms with Crippen LogP contribution in [-0.2, 0) is 6.54 Å². The monoisotopic (exact) mass is 197 g/mol. The van der Waals surface area contributed by atoms with Crippen LogP contribution in [-0.4, -0.2) is 21.2 Å². The van der Waals surface area contributed by atoms with Gasteiger partial charge in [-0.3, -0.25) is 9.59 Å². The minimum atomic E-state index is -0.580. The van der Waals surface area contributed by atoms with E-state index in [2.05, 4.69) is 4.98 Å². The van der Waals surface area contributed by atoms with E-state index in [1.165, 1.54) is 17.8 Å². The Labute approximate surface area is 78.0 Å². The molecule has 1 amide bonds. The van der Waals surface area contributed by atoms with Gasteiger partial charge in [-0.05, 0) is 0 Å². The minimum Gasteiger partial charge on any atom is -0.364 e. The van der Waals surface area contributed by atoms with Crippen LogP contribution < -0.4 is 11.3 Å². The molecular formula is C7H7N3O2S. The Kier molecular flexibility index (Phi) is 1.84. The molecule has 0 fully saturated rings. The first-order chi connectivity index (χ1) is 6.18. The normalized spacial score (nSPS) is 14.2. The summed E-state index contributed by atoms with van der Waals surface area (Å²) in [5.41, 5.74) is 4.96. The molecule has 1 aliphatic heterocycles. The molecule has 0 atom stereocenters. The van der Waals surface area contributed by atoms with Crippen LogP contribution in [0.3, 0.4) is 0 Å². The van der Waals surface area contributed by atoms with E-state index in [9.17, 15) is 9.59 Å². The van der Waals surface area contributed by atoms with Gasteiger partial charge in [0.25, 0.3) is 11.5 Å². The van der Waals surface area contributed by atoms with Gasteiger partial charge in [0.1, 0.15) is 5.69 Å². The smallest absolute Gasteiger partial charge is 0.274 e. The summed E-state index contributed by atoms with van der Waals surface area (Å²) in [5.74, 6) is 0.250. The van der Waals surface area contributed by atoms with Crippen molar-refractivity contribution in [1.82, 2.24) is 9.55 Å². The van der Waals surface area contributed by atoms with Crippen molar-refractivity contribution in [2.24, 2.45) is 5.73 Å². The molecule has 0 spiro atoms. The summed E-state index contributed by atoms with van der Waals surface area (Å²) in [6.45, 7) is 0.686. The van der Waals surface area contributed by atoms with Crippen molar-refractivity contribution >= 4 is 17.7 Å². The first-order valence-corrected chi connectivity index (χ1v) is 4.71. The van der Waals surface area contributed by atoms with Crippen LogP contribution in [0.1, 0.15) is 10.5 Å². The average Bonchev–Trinajstić information content (AvgIpc) is 2.49. The van der Waals surface area contributed by atoms with E-state index >= 15 is 0 Å². The predicted molar refractivity (Wildman–Crippen MR) is 47.7 cm³/mol. The van der Waals surface area contributed by atoms with Crippen LogP contribution in [0.2, 0.25) is 0 Å². The molecule has 0 saturated carbocycles. The first kappa shape index (κ1) is 8.31. The van der Waals surface area contributed by atoms with E-state index in [-0.39, 0.29) is 5.69 Å². The Balaban J connectivity index is 2.69. The Morgan fingerprint density at radius 3 is 3.15 bits per heavy atom. The summed E-state index contributed by atoms with van der Waals surface area (Å²) in [5, 5.41) is 0.585. The van der Waals surface area contributed by atoms with Crippen LogP contribution in [0, 0.1) is 0 Å². The number of hydrogen-bond donors (Lipinski definition) is 1. The Hall–Kier alpha value is -1.30. The number of nitrogens with two attached hydrogens (primary N) is 1. The van der Waals surface area contributed by atoms with Gasteiger partial charge in [-0.2, -0.15) is 4.98 Å². The highest BCUT2D eigenvalue weighted by Crippen LogP contribution is 2.22. The highest BCUT2D eigenvalue weighted by atomic mass is 32.2. The number of aromatic nitrogens is 2. The van der Waals surface area contributed by atoms with E-state index in [0.29, 0.717) is 11.7 Å². The fraction of sp³-hybridized carbons (Fsp3) is 0.286. The lowest BCUT2D eigenvalue weighted by Crippen LogP contribution is -2.23. The molecule has 6 heteroatoms. The number of hydrogen-bond acceptors (Lipinski definition) is 4. The molecule has 1 aromatic heterocycles. The summed E-state index contributed by atoms with van der Waals surface area (Å²) in [7, 11) is 0. The molecular weight excluding hydrogens is 190 g/mol. The van der Waals surface area contributed by atoms with Crippen molar-refractivity contribution in [3.8, 4) is 0 Å². The Bertz CT molecular complexity index is 426. The highest BCUT2D eigenvalue weighted by Gasteiger charge is 2.18. The molecule has 0 aromatic carbocycles. The van der Waals surface area contributed by atoms with E-state index in [0.717, 1.165) is 5.75 Å². The number of nitrogens with zero attached hydrogens (tertiary/aromatic N) is 2. The Morgan fingerprint density at radius 2 is 2.46 bits per heavy atom. The lowest BCUT2D eigenvalue weighted by molar-refractivity contribution is 0.0989.